The van der Waals surface area contributed by atoms with E-state index in [0.29, 0.717) is 17.0 Å². The molecule has 4 rings (SSSR count). The summed E-state index contributed by atoms with van der Waals surface area (Å²) in [5.74, 6) is 0.0784. The van der Waals surface area contributed by atoms with Gasteiger partial charge in [0.25, 0.3) is 0 Å². The van der Waals surface area contributed by atoms with Gasteiger partial charge < -0.3 is 4.74 Å². The number of Topliss-reactive ketones (excluding diaryl/α,β-unsaturated/α-hetero) is 1. The fraction of sp³-hybridized carbons (Fsp3) is 0.167. The van der Waals surface area contributed by atoms with E-state index < -0.39 is 11.5 Å². The molecule has 1 aliphatic rings. The molecular formula is C24H21NO3. The predicted molar refractivity (Wildman–Crippen MR) is 109 cm³/mol. The van der Waals surface area contributed by atoms with Gasteiger partial charge in [-0.25, -0.2) is 0 Å². The van der Waals surface area contributed by atoms with Gasteiger partial charge in [-0.2, -0.15) is 0 Å². The molecule has 1 heterocycles. The molecule has 140 valence electrons. The Kier molecular flexibility index (Phi) is 4.47. The van der Waals surface area contributed by atoms with Crippen LogP contribution in [0.2, 0.25) is 0 Å². The summed E-state index contributed by atoms with van der Waals surface area (Å²) in [6, 6.07) is 25.9. The largest absolute Gasteiger partial charge is 0.497 e. The van der Waals surface area contributed by atoms with Crippen molar-refractivity contribution in [3.8, 4) is 5.75 Å². The summed E-state index contributed by atoms with van der Waals surface area (Å²) in [7, 11) is 1.60. The lowest BCUT2D eigenvalue weighted by atomic mass is 9.65. The first-order valence-corrected chi connectivity index (χ1v) is 9.24. The van der Waals surface area contributed by atoms with Gasteiger partial charge in [0.05, 0.1) is 13.0 Å². The van der Waals surface area contributed by atoms with Gasteiger partial charge in [0.15, 0.2) is 5.78 Å². The second kappa shape index (κ2) is 6.97. The number of methoxy groups -OCH3 is 1. The molecule has 28 heavy (non-hydrogen) atoms. The van der Waals surface area contributed by atoms with Crippen molar-refractivity contribution >= 4 is 17.4 Å². The van der Waals surface area contributed by atoms with Crippen molar-refractivity contribution in [1.82, 2.24) is 0 Å². The van der Waals surface area contributed by atoms with Crippen molar-refractivity contribution < 1.29 is 14.3 Å². The number of amides is 1. The first-order chi connectivity index (χ1) is 13.6. The molecule has 3 aromatic rings. The maximum absolute atomic E-state index is 13.8. The molecular weight excluding hydrogens is 350 g/mol. The van der Waals surface area contributed by atoms with Crippen LogP contribution in [0.25, 0.3) is 0 Å². The van der Waals surface area contributed by atoms with Crippen molar-refractivity contribution in [3.05, 3.63) is 96.1 Å². The number of ketones is 1. The molecule has 0 spiro atoms. The van der Waals surface area contributed by atoms with Crippen LogP contribution in [0.3, 0.4) is 0 Å². The number of anilines is 1. The van der Waals surface area contributed by atoms with Gasteiger partial charge in [-0.3, -0.25) is 14.5 Å². The number of carbonyl (C=O) groups is 2. The lowest BCUT2D eigenvalue weighted by molar-refractivity contribution is -0.132. The van der Waals surface area contributed by atoms with Crippen molar-refractivity contribution in [2.24, 2.45) is 5.92 Å². The summed E-state index contributed by atoms with van der Waals surface area (Å²) < 4.78 is 5.23. The molecule has 1 aliphatic heterocycles. The third kappa shape index (κ3) is 2.53. The monoisotopic (exact) mass is 371 g/mol. The number of rotatable bonds is 5. The van der Waals surface area contributed by atoms with Gasteiger partial charge in [-0.1, -0.05) is 67.6 Å². The molecule has 3 aromatic carbocycles. The van der Waals surface area contributed by atoms with Gasteiger partial charge in [0.1, 0.15) is 11.3 Å². The Morgan fingerprint density at radius 1 is 0.893 bits per heavy atom. The standard InChI is InChI=1S/C24H21NO3/c1-17-23(27)25(20-13-15-21(28-2)16-14-20)24(17,19-11-7-4-8-12-19)22(26)18-9-5-3-6-10-18/h3-17H,1-2H3. The van der Waals surface area contributed by atoms with Crippen LogP contribution >= 0.6 is 0 Å². The van der Waals surface area contributed by atoms with E-state index in [4.69, 9.17) is 4.74 Å². The lowest BCUT2D eigenvalue weighted by Gasteiger charge is -2.55. The van der Waals surface area contributed by atoms with Gasteiger partial charge in [0, 0.05) is 11.3 Å². The van der Waals surface area contributed by atoms with Crippen LogP contribution in [0.15, 0.2) is 84.9 Å². The summed E-state index contributed by atoms with van der Waals surface area (Å²) in [5, 5.41) is 0. The maximum atomic E-state index is 13.8. The number of benzene rings is 3. The maximum Gasteiger partial charge on any atom is 0.234 e. The van der Waals surface area contributed by atoms with Crippen LogP contribution in [-0.2, 0) is 10.3 Å². The van der Waals surface area contributed by atoms with Gasteiger partial charge in [0.2, 0.25) is 5.91 Å². The lowest BCUT2D eigenvalue weighted by Crippen LogP contribution is -2.72. The first-order valence-electron chi connectivity index (χ1n) is 9.24. The number of hydrogen-bond acceptors (Lipinski definition) is 3. The molecule has 4 nitrogen and oxygen atoms in total. The fourth-order valence-corrected chi connectivity index (χ4v) is 4.05. The minimum absolute atomic E-state index is 0.0710. The SMILES string of the molecule is COc1ccc(N2C(=O)C(C)C2(C(=O)c2ccccc2)c2ccccc2)cc1. The Hall–Kier alpha value is -3.40. The third-order valence-electron chi connectivity index (χ3n) is 5.50. The second-order valence-electron chi connectivity index (χ2n) is 6.92. The molecule has 0 N–H and O–H groups in total. The summed E-state index contributed by atoms with van der Waals surface area (Å²) in [6.07, 6.45) is 0. The molecule has 0 aliphatic carbocycles. The van der Waals surface area contributed by atoms with Crippen molar-refractivity contribution in [2.45, 2.75) is 12.5 Å². The molecule has 0 bridgehead atoms. The fourth-order valence-electron chi connectivity index (χ4n) is 4.05. The normalized spacial score (nSPS) is 21.1. The van der Waals surface area contributed by atoms with Crippen LogP contribution < -0.4 is 9.64 Å². The zero-order valence-electron chi connectivity index (χ0n) is 15.8. The van der Waals surface area contributed by atoms with E-state index in [1.54, 1.807) is 36.3 Å². The highest BCUT2D eigenvalue weighted by atomic mass is 16.5. The zero-order chi connectivity index (χ0) is 19.7. The highest BCUT2D eigenvalue weighted by molar-refractivity contribution is 6.20. The van der Waals surface area contributed by atoms with E-state index in [1.807, 2.05) is 67.6 Å². The van der Waals surface area contributed by atoms with Crippen LogP contribution in [-0.4, -0.2) is 18.8 Å². The minimum atomic E-state index is -1.08. The Morgan fingerprint density at radius 3 is 2.04 bits per heavy atom. The number of hydrogen-bond donors (Lipinski definition) is 0. The van der Waals surface area contributed by atoms with E-state index >= 15 is 0 Å². The Morgan fingerprint density at radius 2 is 1.46 bits per heavy atom. The summed E-state index contributed by atoms with van der Waals surface area (Å²) >= 11 is 0. The van der Waals surface area contributed by atoms with E-state index in [9.17, 15) is 9.59 Å². The highest BCUT2D eigenvalue weighted by Gasteiger charge is 2.64. The molecule has 1 amide bonds. The molecule has 0 aromatic heterocycles. The molecule has 4 heteroatoms. The number of ether oxygens (including phenoxy) is 1. The minimum Gasteiger partial charge on any atom is -0.497 e. The van der Waals surface area contributed by atoms with Crippen molar-refractivity contribution in [1.29, 1.82) is 0 Å². The molecule has 0 saturated carbocycles. The van der Waals surface area contributed by atoms with Crippen LogP contribution in [0.1, 0.15) is 22.8 Å². The number of nitrogens with zero attached hydrogens (tertiary/aromatic N) is 1. The average Bonchev–Trinajstić information content (AvgIpc) is 2.77. The number of carbonyl (C=O) groups excluding carboxylic acids is 2. The molecule has 2 atom stereocenters. The third-order valence-corrected chi connectivity index (χ3v) is 5.50. The topological polar surface area (TPSA) is 46.6 Å². The first kappa shape index (κ1) is 18.0. The molecule has 2 unspecified atom stereocenters. The van der Waals surface area contributed by atoms with Gasteiger partial charge in [-0.05, 0) is 29.8 Å². The molecule has 1 saturated heterocycles. The van der Waals surface area contributed by atoms with Crippen molar-refractivity contribution in [2.75, 3.05) is 12.0 Å². The van der Waals surface area contributed by atoms with Gasteiger partial charge in [-0.15, -0.1) is 0 Å². The Balaban J connectivity index is 1.90. The van der Waals surface area contributed by atoms with Gasteiger partial charge >= 0.3 is 0 Å². The average molecular weight is 371 g/mol. The van der Waals surface area contributed by atoms with Crippen LogP contribution in [0.5, 0.6) is 5.75 Å². The van der Waals surface area contributed by atoms with E-state index in [0.717, 1.165) is 5.56 Å². The predicted octanol–water partition coefficient (Wildman–Crippen LogP) is 4.46. The second-order valence-corrected chi connectivity index (χ2v) is 6.92. The summed E-state index contributed by atoms with van der Waals surface area (Å²) in [4.78, 5) is 28.4. The molecule has 0 radical (unpaired) electrons. The van der Waals surface area contributed by atoms with E-state index in [1.165, 1.54) is 0 Å². The Bertz CT molecular complexity index is 999. The molecule has 1 fully saturated rings. The zero-order valence-corrected chi connectivity index (χ0v) is 15.8. The van der Waals surface area contributed by atoms with Crippen LogP contribution in [0.4, 0.5) is 5.69 Å². The van der Waals surface area contributed by atoms with Crippen LogP contribution in [0, 0.1) is 5.92 Å². The Labute approximate surface area is 164 Å². The van der Waals surface area contributed by atoms with Crippen molar-refractivity contribution in [3.63, 3.8) is 0 Å². The van der Waals surface area contributed by atoms with E-state index in [-0.39, 0.29) is 11.7 Å². The summed E-state index contributed by atoms with van der Waals surface area (Å²) in [5.41, 5.74) is 1.00. The highest BCUT2D eigenvalue weighted by Crippen LogP contribution is 2.50. The number of β-lactam (4-membered cyclic amide) rings is 1. The summed E-state index contributed by atoms with van der Waals surface area (Å²) in [6.45, 7) is 1.83. The van der Waals surface area contributed by atoms with E-state index in [2.05, 4.69) is 0 Å². The quantitative estimate of drug-likeness (QED) is 0.491. The smallest absolute Gasteiger partial charge is 0.234 e.